The van der Waals surface area contributed by atoms with Gasteiger partial charge >= 0.3 is 0 Å². The van der Waals surface area contributed by atoms with Crippen LogP contribution >= 0.6 is 11.3 Å². The van der Waals surface area contributed by atoms with Gasteiger partial charge in [0.25, 0.3) is 0 Å². The molecule has 96 valence electrons. The normalized spacial score (nSPS) is 10.3. The molecule has 0 aliphatic heterocycles. The third-order valence-corrected chi connectivity index (χ3v) is 3.03. The molecule has 0 aliphatic carbocycles. The van der Waals surface area contributed by atoms with Gasteiger partial charge in [-0.3, -0.25) is 0 Å². The molecule has 0 aromatic carbocycles. The van der Waals surface area contributed by atoms with Crippen molar-refractivity contribution in [3.8, 4) is 11.8 Å². The van der Waals surface area contributed by atoms with Crippen molar-refractivity contribution in [2.75, 3.05) is 12.3 Å². The molecule has 2 N–H and O–H groups in total. The van der Waals surface area contributed by atoms with E-state index in [1.165, 1.54) is 6.33 Å². The lowest BCUT2D eigenvalue weighted by Gasteiger charge is -2.10. The maximum atomic E-state index is 5.89. The van der Waals surface area contributed by atoms with Gasteiger partial charge in [0.15, 0.2) is 5.69 Å². The Kier molecular flexibility index (Phi) is 4.35. The molecule has 2 aromatic rings. The maximum Gasteiger partial charge on any atom is 0.244 e. The first-order valence-electron chi connectivity index (χ1n) is 5.69. The Morgan fingerprint density at radius 3 is 2.72 bits per heavy atom. The van der Waals surface area contributed by atoms with Crippen molar-refractivity contribution in [1.29, 1.82) is 0 Å². The summed E-state index contributed by atoms with van der Waals surface area (Å²) in [6.07, 6.45) is 2.29. The summed E-state index contributed by atoms with van der Waals surface area (Å²) in [4.78, 5) is 9.11. The summed E-state index contributed by atoms with van der Waals surface area (Å²) >= 11 is 1.63. The fourth-order valence-electron chi connectivity index (χ4n) is 1.33. The minimum atomic E-state index is 0.350. The van der Waals surface area contributed by atoms with E-state index in [0.717, 1.165) is 11.3 Å². The topological polar surface area (TPSA) is 70.3 Å². The molecule has 0 bridgehead atoms. The summed E-state index contributed by atoms with van der Waals surface area (Å²) in [5.74, 6) is 0.748. The highest BCUT2D eigenvalue weighted by molar-refractivity contribution is 7.09. The van der Waals surface area contributed by atoms with E-state index in [1.807, 2.05) is 24.4 Å². The van der Waals surface area contributed by atoms with Crippen molar-refractivity contribution in [3.63, 3.8) is 0 Å². The number of nitrogen functional groups attached to an aromatic ring is 1. The van der Waals surface area contributed by atoms with Gasteiger partial charge in [-0.2, -0.15) is 9.97 Å². The van der Waals surface area contributed by atoms with Crippen LogP contribution < -0.4 is 15.2 Å². The number of ether oxygens (including phenoxy) is 2. The van der Waals surface area contributed by atoms with Crippen LogP contribution in [0.2, 0.25) is 0 Å². The fourth-order valence-corrected chi connectivity index (χ4v) is 1.94. The van der Waals surface area contributed by atoms with Gasteiger partial charge in [0.2, 0.25) is 11.8 Å². The second kappa shape index (κ2) is 6.20. The van der Waals surface area contributed by atoms with Crippen molar-refractivity contribution < 1.29 is 9.47 Å². The monoisotopic (exact) mass is 265 g/mol. The highest BCUT2D eigenvalue weighted by Crippen LogP contribution is 2.27. The number of aromatic nitrogens is 2. The third kappa shape index (κ3) is 3.10. The van der Waals surface area contributed by atoms with Crippen LogP contribution in [0.25, 0.3) is 0 Å². The number of hydrogen-bond acceptors (Lipinski definition) is 6. The van der Waals surface area contributed by atoms with Gasteiger partial charge in [-0.05, 0) is 17.9 Å². The lowest BCUT2D eigenvalue weighted by Crippen LogP contribution is -2.05. The number of rotatable bonds is 6. The standard InChI is InChI=1S/C12H15N3O2S/c1-2-5-16-11-10(13)12(15-8-14-11)17-7-9-4-3-6-18-9/h3-4,6,8H,2,5,7,13H2,1H3. The van der Waals surface area contributed by atoms with Crippen molar-refractivity contribution in [3.05, 3.63) is 28.7 Å². The molecule has 2 aromatic heterocycles. The molecule has 2 rings (SSSR count). The Labute approximate surface area is 110 Å². The molecule has 0 fully saturated rings. The first-order chi connectivity index (χ1) is 8.81. The smallest absolute Gasteiger partial charge is 0.244 e. The van der Waals surface area contributed by atoms with Crippen molar-refractivity contribution in [1.82, 2.24) is 9.97 Å². The van der Waals surface area contributed by atoms with Crippen LogP contribution in [0.3, 0.4) is 0 Å². The molecule has 0 saturated heterocycles. The van der Waals surface area contributed by atoms with Gasteiger partial charge in [-0.25, -0.2) is 0 Å². The SMILES string of the molecule is CCCOc1ncnc(OCc2cccs2)c1N. The van der Waals surface area contributed by atoms with Crippen LogP contribution in [0.5, 0.6) is 11.8 Å². The molecule has 0 saturated carbocycles. The molecule has 0 spiro atoms. The molecule has 6 heteroatoms. The first kappa shape index (κ1) is 12.6. The summed E-state index contributed by atoms with van der Waals surface area (Å²) in [5.41, 5.74) is 6.24. The second-order valence-electron chi connectivity index (χ2n) is 3.61. The molecule has 0 radical (unpaired) electrons. The van der Waals surface area contributed by atoms with E-state index >= 15 is 0 Å². The van der Waals surface area contributed by atoms with Gasteiger partial charge in [0.05, 0.1) is 6.61 Å². The lowest BCUT2D eigenvalue weighted by atomic mass is 10.4. The number of nitrogens with zero attached hydrogens (tertiary/aromatic N) is 2. The van der Waals surface area contributed by atoms with Gasteiger partial charge < -0.3 is 15.2 Å². The summed E-state index contributed by atoms with van der Waals surface area (Å²) in [6, 6.07) is 3.97. The average Bonchev–Trinajstić information content (AvgIpc) is 2.89. The summed E-state index contributed by atoms with van der Waals surface area (Å²) in [5, 5.41) is 2.00. The second-order valence-corrected chi connectivity index (χ2v) is 4.65. The highest BCUT2D eigenvalue weighted by atomic mass is 32.1. The zero-order valence-electron chi connectivity index (χ0n) is 10.1. The quantitative estimate of drug-likeness (QED) is 0.869. The van der Waals surface area contributed by atoms with E-state index < -0.39 is 0 Å². The average molecular weight is 265 g/mol. The Morgan fingerprint density at radius 2 is 2.06 bits per heavy atom. The van der Waals surface area contributed by atoms with E-state index in [-0.39, 0.29) is 0 Å². The minimum Gasteiger partial charge on any atom is -0.476 e. The van der Waals surface area contributed by atoms with E-state index in [4.69, 9.17) is 15.2 Å². The van der Waals surface area contributed by atoms with Crippen LogP contribution in [-0.4, -0.2) is 16.6 Å². The Morgan fingerprint density at radius 1 is 1.28 bits per heavy atom. The summed E-state index contributed by atoms with van der Waals surface area (Å²) in [7, 11) is 0. The summed E-state index contributed by atoms with van der Waals surface area (Å²) < 4.78 is 11.0. The highest BCUT2D eigenvalue weighted by Gasteiger charge is 2.10. The Balaban J connectivity index is 2.03. The minimum absolute atomic E-state index is 0.350. The molecular weight excluding hydrogens is 250 g/mol. The van der Waals surface area contributed by atoms with Crippen molar-refractivity contribution in [2.24, 2.45) is 0 Å². The molecule has 2 heterocycles. The predicted octanol–water partition coefficient (Wildman–Crippen LogP) is 2.49. The third-order valence-electron chi connectivity index (χ3n) is 2.18. The molecular formula is C12H15N3O2S. The van der Waals surface area contributed by atoms with E-state index in [2.05, 4.69) is 9.97 Å². The van der Waals surface area contributed by atoms with Crippen LogP contribution in [0, 0.1) is 0 Å². The Bertz CT molecular complexity index is 488. The van der Waals surface area contributed by atoms with Crippen molar-refractivity contribution in [2.45, 2.75) is 20.0 Å². The van der Waals surface area contributed by atoms with E-state index in [0.29, 0.717) is 30.7 Å². The van der Waals surface area contributed by atoms with Gasteiger partial charge in [0, 0.05) is 4.88 Å². The molecule has 5 nitrogen and oxygen atoms in total. The van der Waals surface area contributed by atoms with Crippen LogP contribution in [0.15, 0.2) is 23.8 Å². The molecule has 0 atom stereocenters. The fraction of sp³-hybridized carbons (Fsp3) is 0.333. The van der Waals surface area contributed by atoms with Crippen molar-refractivity contribution >= 4 is 17.0 Å². The zero-order valence-corrected chi connectivity index (χ0v) is 10.9. The Hall–Kier alpha value is -1.82. The van der Waals surface area contributed by atoms with E-state index in [1.54, 1.807) is 11.3 Å². The largest absolute Gasteiger partial charge is 0.476 e. The number of hydrogen-bond donors (Lipinski definition) is 1. The van der Waals surface area contributed by atoms with Crippen LogP contribution in [0.1, 0.15) is 18.2 Å². The predicted molar refractivity (Wildman–Crippen MR) is 70.9 cm³/mol. The van der Waals surface area contributed by atoms with Crippen LogP contribution in [0.4, 0.5) is 5.69 Å². The molecule has 0 amide bonds. The maximum absolute atomic E-state index is 5.89. The molecule has 0 unspecified atom stereocenters. The zero-order chi connectivity index (χ0) is 12.8. The first-order valence-corrected chi connectivity index (χ1v) is 6.57. The van der Waals surface area contributed by atoms with Gasteiger partial charge in [-0.15, -0.1) is 11.3 Å². The number of nitrogens with two attached hydrogens (primary N) is 1. The lowest BCUT2D eigenvalue weighted by molar-refractivity contribution is 0.284. The van der Waals surface area contributed by atoms with Gasteiger partial charge in [0.1, 0.15) is 12.9 Å². The molecule has 0 aliphatic rings. The van der Waals surface area contributed by atoms with E-state index in [9.17, 15) is 0 Å². The molecule has 18 heavy (non-hydrogen) atoms. The van der Waals surface area contributed by atoms with Gasteiger partial charge in [-0.1, -0.05) is 13.0 Å². The number of thiophene rings is 1. The number of anilines is 1. The summed E-state index contributed by atoms with van der Waals surface area (Å²) in [6.45, 7) is 3.04. The van der Waals surface area contributed by atoms with Crippen LogP contribution in [-0.2, 0) is 6.61 Å².